The summed E-state index contributed by atoms with van der Waals surface area (Å²) >= 11 is 0. The van der Waals surface area contributed by atoms with E-state index in [2.05, 4.69) is 16.9 Å². The van der Waals surface area contributed by atoms with Crippen LogP contribution in [0, 0.1) is 6.92 Å². The van der Waals surface area contributed by atoms with E-state index in [1.165, 1.54) is 5.56 Å². The first-order valence-corrected chi connectivity index (χ1v) is 5.19. The highest BCUT2D eigenvalue weighted by atomic mass is 16.5. The van der Waals surface area contributed by atoms with Crippen molar-refractivity contribution in [2.24, 2.45) is 0 Å². The van der Waals surface area contributed by atoms with Gasteiger partial charge in [0.1, 0.15) is 5.76 Å². The maximum absolute atomic E-state index is 5.49. The Bertz CT molecular complexity index is 422. The smallest absolute Gasteiger partial charge is 0.185 e. The van der Waals surface area contributed by atoms with Crippen molar-refractivity contribution in [1.82, 2.24) is 10.3 Å². The molecule has 0 spiro atoms. The Balaban J connectivity index is 2.94. The van der Waals surface area contributed by atoms with Crippen molar-refractivity contribution in [2.75, 3.05) is 7.05 Å². The van der Waals surface area contributed by atoms with Crippen LogP contribution in [0.3, 0.4) is 0 Å². The summed E-state index contributed by atoms with van der Waals surface area (Å²) in [6.07, 6.45) is 1.80. The van der Waals surface area contributed by atoms with Gasteiger partial charge in [0.2, 0.25) is 0 Å². The van der Waals surface area contributed by atoms with E-state index >= 15 is 0 Å². The molecule has 0 atom stereocenters. The van der Waals surface area contributed by atoms with Crippen molar-refractivity contribution >= 4 is 5.57 Å². The lowest BCUT2D eigenvalue weighted by molar-refractivity contribution is 0.287. The van der Waals surface area contributed by atoms with E-state index in [1.807, 2.05) is 32.9 Å². The number of ether oxygens (including phenoxy) is 1. The molecule has 86 valence electrons. The second-order valence-corrected chi connectivity index (χ2v) is 3.67. The third kappa shape index (κ3) is 3.12. The van der Waals surface area contributed by atoms with Crippen LogP contribution in [0.15, 0.2) is 36.6 Å². The van der Waals surface area contributed by atoms with Crippen LogP contribution in [0.1, 0.15) is 25.1 Å². The van der Waals surface area contributed by atoms with Crippen molar-refractivity contribution in [3.05, 3.63) is 47.8 Å². The number of pyridine rings is 1. The van der Waals surface area contributed by atoms with Gasteiger partial charge in [-0.05, 0) is 45.0 Å². The molecule has 0 amide bonds. The Morgan fingerprint density at radius 1 is 1.44 bits per heavy atom. The van der Waals surface area contributed by atoms with Crippen LogP contribution < -0.4 is 5.32 Å². The van der Waals surface area contributed by atoms with Crippen LogP contribution in [-0.4, -0.2) is 12.0 Å². The summed E-state index contributed by atoms with van der Waals surface area (Å²) in [5.74, 6) is 1.34. The monoisotopic (exact) mass is 218 g/mol. The molecule has 0 bridgehead atoms. The average molecular weight is 218 g/mol. The summed E-state index contributed by atoms with van der Waals surface area (Å²) in [6, 6.07) is 4.00. The van der Waals surface area contributed by atoms with Crippen LogP contribution in [-0.2, 0) is 4.74 Å². The third-order valence-electron chi connectivity index (χ3n) is 2.38. The first-order valence-electron chi connectivity index (χ1n) is 5.19. The Morgan fingerprint density at radius 3 is 2.69 bits per heavy atom. The van der Waals surface area contributed by atoms with Crippen molar-refractivity contribution < 1.29 is 4.74 Å². The van der Waals surface area contributed by atoms with Crippen LogP contribution in [0.25, 0.3) is 5.57 Å². The van der Waals surface area contributed by atoms with Gasteiger partial charge in [-0.2, -0.15) is 0 Å². The first-order chi connectivity index (χ1) is 7.54. The number of aryl methyl sites for hydroxylation is 1. The van der Waals surface area contributed by atoms with Gasteiger partial charge in [0.05, 0.1) is 5.69 Å². The molecule has 0 saturated carbocycles. The Labute approximate surface area is 96.9 Å². The largest absolute Gasteiger partial charge is 0.446 e. The second kappa shape index (κ2) is 5.35. The highest BCUT2D eigenvalue weighted by Crippen LogP contribution is 2.18. The van der Waals surface area contributed by atoms with E-state index in [4.69, 9.17) is 4.74 Å². The molecular weight excluding hydrogens is 200 g/mol. The quantitative estimate of drug-likeness (QED) is 0.789. The zero-order chi connectivity index (χ0) is 12.1. The zero-order valence-electron chi connectivity index (χ0n) is 10.3. The summed E-state index contributed by atoms with van der Waals surface area (Å²) < 4.78 is 5.49. The molecule has 3 heteroatoms. The highest BCUT2D eigenvalue weighted by Gasteiger charge is 2.04. The predicted molar refractivity (Wildman–Crippen MR) is 66.5 cm³/mol. The van der Waals surface area contributed by atoms with Crippen LogP contribution in [0.4, 0.5) is 0 Å². The van der Waals surface area contributed by atoms with Crippen molar-refractivity contribution in [2.45, 2.75) is 20.8 Å². The lowest BCUT2D eigenvalue weighted by Crippen LogP contribution is -2.07. The zero-order valence-corrected chi connectivity index (χ0v) is 10.3. The minimum absolute atomic E-state index is 0.532. The fourth-order valence-electron chi connectivity index (χ4n) is 1.23. The fourth-order valence-corrected chi connectivity index (χ4v) is 1.23. The summed E-state index contributed by atoms with van der Waals surface area (Å²) in [5, 5.41) is 2.84. The number of rotatable bonds is 4. The van der Waals surface area contributed by atoms with Gasteiger partial charge < -0.3 is 10.1 Å². The summed E-state index contributed by atoms with van der Waals surface area (Å²) in [4.78, 5) is 4.31. The first kappa shape index (κ1) is 12.3. The molecule has 0 aliphatic heterocycles. The maximum Gasteiger partial charge on any atom is 0.185 e. The van der Waals surface area contributed by atoms with Crippen molar-refractivity contribution in [1.29, 1.82) is 0 Å². The number of aromatic nitrogens is 1. The Hall–Kier alpha value is -1.77. The van der Waals surface area contributed by atoms with Gasteiger partial charge in [-0.1, -0.05) is 0 Å². The third-order valence-corrected chi connectivity index (χ3v) is 2.38. The van der Waals surface area contributed by atoms with E-state index in [1.54, 1.807) is 13.2 Å². The Morgan fingerprint density at radius 2 is 2.12 bits per heavy atom. The maximum atomic E-state index is 5.49. The molecule has 16 heavy (non-hydrogen) atoms. The molecule has 1 rings (SSSR count). The molecular formula is C13H18N2O. The molecule has 1 N–H and O–H groups in total. The van der Waals surface area contributed by atoms with E-state index in [0.717, 1.165) is 17.0 Å². The molecule has 0 radical (unpaired) electrons. The number of hydrogen-bond donors (Lipinski definition) is 1. The molecule has 1 heterocycles. The molecule has 0 aliphatic rings. The lowest BCUT2D eigenvalue weighted by Gasteiger charge is -2.11. The molecule has 0 saturated heterocycles. The van der Waals surface area contributed by atoms with E-state index in [-0.39, 0.29) is 0 Å². The fraction of sp³-hybridized carbons (Fsp3) is 0.308. The minimum Gasteiger partial charge on any atom is -0.446 e. The number of allylic oxidation sites excluding steroid dienone is 2. The van der Waals surface area contributed by atoms with Gasteiger partial charge in [0, 0.05) is 18.8 Å². The van der Waals surface area contributed by atoms with Gasteiger partial charge in [-0.15, -0.1) is 0 Å². The molecule has 0 unspecified atom stereocenters. The van der Waals surface area contributed by atoms with Gasteiger partial charge in [-0.3, -0.25) is 4.98 Å². The van der Waals surface area contributed by atoms with E-state index < -0.39 is 0 Å². The molecule has 1 aromatic heterocycles. The number of nitrogens with zero attached hydrogens (tertiary/aromatic N) is 1. The number of hydrogen-bond acceptors (Lipinski definition) is 3. The van der Waals surface area contributed by atoms with Gasteiger partial charge in [0.25, 0.3) is 0 Å². The van der Waals surface area contributed by atoms with Crippen LogP contribution in [0.5, 0.6) is 0 Å². The second-order valence-electron chi connectivity index (χ2n) is 3.67. The van der Waals surface area contributed by atoms with Crippen LogP contribution in [0.2, 0.25) is 0 Å². The molecule has 0 fully saturated rings. The van der Waals surface area contributed by atoms with Crippen LogP contribution >= 0.6 is 0 Å². The molecule has 0 aliphatic carbocycles. The lowest BCUT2D eigenvalue weighted by atomic mass is 10.1. The minimum atomic E-state index is 0.532. The van der Waals surface area contributed by atoms with Crippen molar-refractivity contribution in [3.63, 3.8) is 0 Å². The van der Waals surface area contributed by atoms with Crippen molar-refractivity contribution in [3.8, 4) is 0 Å². The molecule has 0 aromatic carbocycles. The van der Waals surface area contributed by atoms with Gasteiger partial charge in [0.15, 0.2) is 5.88 Å². The standard InChI is InChI=1S/C13H18N2O/c1-9-6-7-15-13(8-9)10(2)11(3)16-12(4)14-5/h6-8,14H,4H2,1-3,5H3/b11-10-. The van der Waals surface area contributed by atoms with E-state index in [9.17, 15) is 0 Å². The van der Waals surface area contributed by atoms with E-state index in [0.29, 0.717) is 5.88 Å². The summed E-state index contributed by atoms with van der Waals surface area (Å²) in [5.41, 5.74) is 3.13. The topological polar surface area (TPSA) is 34.1 Å². The van der Waals surface area contributed by atoms with Gasteiger partial charge in [-0.25, -0.2) is 0 Å². The summed E-state index contributed by atoms with van der Waals surface area (Å²) in [6.45, 7) is 9.65. The normalized spacial score (nSPS) is 11.8. The van der Waals surface area contributed by atoms with Gasteiger partial charge >= 0.3 is 0 Å². The Kier molecular flexibility index (Phi) is 4.11. The molecule has 1 aromatic rings. The highest BCUT2D eigenvalue weighted by molar-refractivity contribution is 5.62. The number of nitrogens with one attached hydrogen (secondary N) is 1. The summed E-state index contributed by atoms with van der Waals surface area (Å²) in [7, 11) is 1.77. The average Bonchev–Trinajstić information content (AvgIpc) is 2.27. The molecule has 3 nitrogen and oxygen atoms in total. The SMILES string of the molecule is C=C(NC)O/C(C)=C(/C)c1cc(C)ccn1. The predicted octanol–water partition coefficient (Wildman–Crippen LogP) is 2.85.